The van der Waals surface area contributed by atoms with Crippen LogP contribution >= 0.6 is 70.2 Å². The van der Waals surface area contributed by atoms with Crippen molar-refractivity contribution in [1.29, 1.82) is 0 Å². The van der Waals surface area contributed by atoms with Crippen LogP contribution in [0.2, 0.25) is 25.1 Å². The molecular weight excluding hydrogens is 466 g/mol. The number of aromatic amines is 1. The summed E-state index contributed by atoms with van der Waals surface area (Å²) in [5.74, 6) is 1.09. The molecule has 136 valence electrons. The summed E-state index contributed by atoms with van der Waals surface area (Å²) in [5, 5.41) is 10.7. The number of H-pyrrole nitrogens is 1. The first-order chi connectivity index (χ1) is 12.4. The van der Waals surface area contributed by atoms with Gasteiger partial charge in [-0.05, 0) is 24.4 Å². The Morgan fingerprint density at radius 1 is 1.12 bits per heavy atom. The number of hydrogen-bond donors (Lipinski definition) is 1. The summed E-state index contributed by atoms with van der Waals surface area (Å²) in [4.78, 5) is 0. The van der Waals surface area contributed by atoms with Crippen molar-refractivity contribution in [2.45, 2.75) is 6.61 Å². The van der Waals surface area contributed by atoms with Gasteiger partial charge in [0, 0.05) is 0 Å². The van der Waals surface area contributed by atoms with Crippen molar-refractivity contribution in [3.05, 3.63) is 59.9 Å². The van der Waals surface area contributed by atoms with E-state index in [0.717, 1.165) is 0 Å². The molecular formula is C14H7Cl5N4O2S. The van der Waals surface area contributed by atoms with E-state index in [-0.39, 0.29) is 37.5 Å². The Balaban J connectivity index is 1.74. The van der Waals surface area contributed by atoms with Crippen molar-refractivity contribution >= 4 is 76.4 Å². The lowest BCUT2D eigenvalue weighted by Crippen LogP contribution is -1.96. The molecule has 0 saturated heterocycles. The highest BCUT2D eigenvalue weighted by molar-refractivity contribution is 7.71. The maximum absolute atomic E-state index is 6.11. The number of hydrogen-bond acceptors (Lipinski definition) is 5. The van der Waals surface area contributed by atoms with Gasteiger partial charge in [0.15, 0.2) is 5.75 Å². The third-order valence-electron chi connectivity index (χ3n) is 3.06. The Morgan fingerprint density at radius 2 is 1.77 bits per heavy atom. The Labute approximate surface area is 177 Å². The van der Waals surface area contributed by atoms with E-state index in [1.165, 1.54) is 17.2 Å². The number of ether oxygens (including phenoxy) is 1. The number of furan rings is 1. The van der Waals surface area contributed by atoms with Crippen LogP contribution in [0.3, 0.4) is 0 Å². The van der Waals surface area contributed by atoms with Gasteiger partial charge in [0.1, 0.15) is 34.5 Å². The fourth-order valence-electron chi connectivity index (χ4n) is 1.84. The molecule has 0 aliphatic rings. The second-order valence-electron chi connectivity index (χ2n) is 4.74. The average Bonchev–Trinajstić information content (AvgIpc) is 3.25. The molecule has 2 aromatic heterocycles. The normalized spacial score (nSPS) is 11.4. The topological polar surface area (TPSA) is 68.3 Å². The molecule has 2 heterocycles. The van der Waals surface area contributed by atoms with Crippen LogP contribution < -0.4 is 4.74 Å². The van der Waals surface area contributed by atoms with E-state index in [4.69, 9.17) is 79.4 Å². The maximum atomic E-state index is 6.11. The fraction of sp³-hybridized carbons (Fsp3) is 0.0714. The van der Waals surface area contributed by atoms with Crippen LogP contribution in [0, 0.1) is 4.77 Å². The van der Waals surface area contributed by atoms with Crippen molar-refractivity contribution in [2.24, 2.45) is 5.10 Å². The van der Waals surface area contributed by atoms with E-state index in [1.807, 2.05) is 0 Å². The van der Waals surface area contributed by atoms with E-state index in [0.29, 0.717) is 16.3 Å². The van der Waals surface area contributed by atoms with Crippen molar-refractivity contribution in [1.82, 2.24) is 14.9 Å². The van der Waals surface area contributed by atoms with E-state index in [9.17, 15) is 0 Å². The molecule has 26 heavy (non-hydrogen) atoms. The summed E-state index contributed by atoms with van der Waals surface area (Å²) in [6, 6.07) is 3.41. The van der Waals surface area contributed by atoms with Crippen LogP contribution in [0.4, 0.5) is 0 Å². The molecule has 0 saturated carbocycles. The average molecular weight is 473 g/mol. The summed E-state index contributed by atoms with van der Waals surface area (Å²) in [7, 11) is 0. The number of halogens is 5. The Morgan fingerprint density at radius 3 is 2.38 bits per heavy atom. The Kier molecular flexibility index (Phi) is 6.17. The monoisotopic (exact) mass is 470 g/mol. The van der Waals surface area contributed by atoms with Gasteiger partial charge < -0.3 is 9.15 Å². The highest BCUT2D eigenvalue weighted by Crippen LogP contribution is 2.48. The maximum Gasteiger partial charge on any atom is 0.216 e. The minimum Gasteiger partial charge on any atom is -0.482 e. The minimum absolute atomic E-state index is 0.0344. The third-order valence-corrected chi connectivity index (χ3v) is 5.58. The molecule has 0 bridgehead atoms. The minimum atomic E-state index is 0.0344. The van der Waals surface area contributed by atoms with E-state index in [1.54, 1.807) is 12.1 Å². The van der Waals surface area contributed by atoms with Gasteiger partial charge >= 0.3 is 0 Å². The summed E-state index contributed by atoms with van der Waals surface area (Å²) in [6.45, 7) is 0.0344. The van der Waals surface area contributed by atoms with E-state index < -0.39 is 0 Å². The quantitative estimate of drug-likeness (QED) is 0.206. The molecule has 0 aliphatic heterocycles. The number of aromatic nitrogens is 3. The second-order valence-corrected chi connectivity index (χ2v) is 7.02. The Hall–Kier alpha value is -1.22. The summed E-state index contributed by atoms with van der Waals surface area (Å²) >= 11 is 35.1. The molecule has 3 rings (SSSR count). The third kappa shape index (κ3) is 4.03. The zero-order valence-electron chi connectivity index (χ0n) is 12.5. The summed E-state index contributed by atoms with van der Waals surface area (Å²) in [6.07, 6.45) is 2.91. The van der Waals surface area contributed by atoms with Gasteiger partial charge in [0.25, 0.3) is 0 Å². The molecule has 0 radical (unpaired) electrons. The predicted octanol–water partition coefficient (Wildman–Crippen LogP) is 6.26. The Bertz CT molecular complexity index is 1010. The smallest absolute Gasteiger partial charge is 0.216 e. The van der Waals surface area contributed by atoms with Gasteiger partial charge in [-0.15, -0.1) is 0 Å². The molecule has 0 aliphatic carbocycles. The highest BCUT2D eigenvalue weighted by atomic mass is 35.5. The summed E-state index contributed by atoms with van der Waals surface area (Å²) < 4.78 is 12.9. The number of benzene rings is 1. The fourth-order valence-corrected chi connectivity index (χ4v) is 3.22. The molecule has 12 heteroatoms. The zero-order chi connectivity index (χ0) is 18.8. The van der Waals surface area contributed by atoms with Crippen molar-refractivity contribution in [3.63, 3.8) is 0 Å². The second kappa shape index (κ2) is 8.21. The molecule has 0 spiro atoms. The van der Waals surface area contributed by atoms with Gasteiger partial charge in [-0.3, -0.25) is 5.10 Å². The highest BCUT2D eigenvalue weighted by Gasteiger charge is 2.20. The van der Waals surface area contributed by atoms with Crippen LogP contribution in [0.25, 0.3) is 0 Å². The molecule has 6 nitrogen and oxygen atoms in total. The van der Waals surface area contributed by atoms with Crippen LogP contribution in [0.5, 0.6) is 5.75 Å². The van der Waals surface area contributed by atoms with Gasteiger partial charge in [-0.2, -0.15) is 14.9 Å². The lowest BCUT2D eigenvalue weighted by molar-refractivity contribution is 0.270. The molecule has 0 fully saturated rings. The molecule has 0 unspecified atom stereocenters. The largest absolute Gasteiger partial charge is 0.482 e. The van der Waals surface area contributed by atoms with E-state index in [2.05, 4.69) is 15.3 Å². The predicted molar refractivity (Wildman–Crippen MR) is 105 cm³/mol. The number of rotatable bonds is 5. The molecule has 1 aromatic carbocycles. The molecule has 0 atom stereocenters. The van der Waals surface area contributed by atoms with Gasteiger partial charge in [0.05, 0.1) is 21.3 Å². The van der Waals surface area contributed by atoms with Gasteiger partial charge in [-0.25, -0.2) is 0 Å². The van der Waals surface area contributed by atoms with Crippen LogP contribution in [0.1, 0.15) is 11.5 Å². The number of nitrogens with zero attached hydrogens (tertiary/aromatic N) is 3. The van der Waals surface area contributed by atoms with E-state index >= 15 is 0 Å². The first kappa shape index (κ1) is 19.5. The van der Waals surface area contributed by atoms with Crippen molar-refractivity contribution in [3.8, 4) is 5.75 Å². The van der Waals surface area contributed by atoms with Crippen LogP contribution in [-0.4, -0.2) is 21.1 Å². The SMILES string of the molecule is S=c1[nH]ncn1/N=C/c1ccc(COc2c(Cl)c(Cl)c(Cl)c(Cl)c2Cl)o1. The number of nitrogens with one attached hydrogen (secondary N) is 1. The van der Waals surface area contributed by atoms with Crippen molar-refractivity contribution in [2.75, 3.05) is 0 Å². The lowest BCUT2D eigenvalue weighted by atomic mass is 10.3. The molecule has 1 N–H and O–H groups in total. The van der Waals surface area contributed by atoms with Crippen LogP contribution in [0.15, 0.2) is 28.0 Å². The molecule has 3 aromatic rings. The summed E-state index contributed by atoms with van der Waals surface area (Å²) in [5.41, 5.74) is 0. The molecule has 0 amide bonds. The van der Waals surface area contributed by atoms with Crippen molar-refractivity contribution < 1.29 is 9.15 Å². The lowest BCUT2D eigenvalue weighted by Gasteiger charge is -2.12. The standard InChI is InChI=1S/C14H7Cl5N4O2S/c15-8-9(16)11(18)13(12(19)10(8)17)24-4-7-2-1-6(25-7)3-21-23-5-20-22-14(23)26/h1-3,5H,4H2,(H,22,26)/b21-3+. The zero-order valence-corrected chi connectivity index (χ0v) is 17.1. The first-order valence-corrected chi connectivity index (χ1v) is 9.07. The first-order valence-electron chi connectivity index (χ1n) is 6.77. The van der Waals surface area contributed by atoms with Gasteiger partial charge in [-0.1, -0.05) is 58.0 Å². The van der Waals surface area contributed by atoms with Gasteiger partial charge in [0.2, 0.25) is 4.77 Å². The van der Waals surface area contributed by atoms with Crippen LogP contribution in [-0.2, 0) is 6.61 Å².